The number of hydrogen-bond donors (Lipinski definition) is 2. The van der Waals surface area contributed by atoms with Crippen molar-refractivity contribution >= 4 is 21.9 Å². The van der Waals surface area contributed by atoms with E-state index in [4.69, 9.17) is 4.99 Å². The molecule has 0 radical (unpaired) electrons. The molecule has 2 aromatic rings. The van der Waals surface area contributed by atoms with E-state index in [1.165, 1.54) is 5.56 Å². The molecule has 146 valence electrons. The average molecular weight is 433 g/mol. The number of piperidine rings is 1. The van der Waals surface area contributed by atoms with Crippen molar-refractivity contribution in [2.75, 3.05) is 19.6 Å². The van der Waals surface area contributed by atoms with Crippen molar-refractivity contribution in [1.82, 2.24) is 25.3 Å². The average Bonchev–Trinajstić information content (AvgIpc) is 3.08. The topological polar surface area (TPSA) is 57.5 Å². The minimum Gasteiger partial charge on any atom is -0.357 e. The van der Waals surface area contributed by atoms with Gasteiger partial charge < -0.3 is 10.6 Å². The van der Waals surface area contributed by atoms with Crippen molar-refractivity contribution in [3.63, 3.8) is 0 Å². The van der Waals surface area contributed by atoms with Crippen LogP contribution in [0.4, 0.5) is 0 Å². The maximum Gasteiger partial charge on any atom is 0.191 e. The third-order valence-corrected chi connectivity index (χ3v) is 5.44. The largest absolute Gasteiger partial charge is 0.357 e. The van der Waals surface area contributed by atoms with Crippen LogP contribution < -0.4 is 10.6 Å². The van der Waals surface area contributed by atoms with Crippen LogP contribution in [0.25, 0.3) is 0 Å². The summed E-state index contributed by atoms with van der Waals surface area (Å²) in [6.45, 7) is 6.83. The van der Waals surface area contributed by atoms with Crippen LogP contribution in [0, 0.1) is 0 Å². The van der Waals surface area contributed by atoms with E-state index in [9.17, 15) is 0 Å². The molecule has 0 aliphatic carbocycles. The van der Waals surface area contributed by atoms with Crippen LogP contribution in [0.15, 0.2) is 46.0 Å². The highest BCUT2D eigenvalue weighted by molar-refractivity contribution is 9.10. The van der Waals surface area contributed by atoms with Gasteiger partial charge in [0.15, 0.2) is 5.96 Å². The molecule has 0 amide bonds. The molecule has 2 N–H and O–H groups in total. The zero-order valence-electron chi connectivity index (χ0n) is 16.2. The zero-order valence-corrected chi connectivity index (χ0v) is 17.7. The first-order valence-electron chi connectivity index (χ1n) is 9.62. The molecular weight excluding hydrogens is 404 g/mol. The molecular formula is C20H29BrN6. The van der Waals surface area contributed by atoms with E-state index < -0.39 is 0 Å². The molecule has 1 saturated heterocycles. The summed E-state index contributed by atoms with van der Waals surface area (Å²) in [7, 11) is 1.95. The Morgan fingerprint density at radius 2 is 1.96 bits per heavy atom. The third-order valence-electron chi connectivity index (χ3n) is 4.91. The van der Waals surface area contributed by atoms with Gasteiger partial charge in [-0.15, -0.1) is 0 Å². The van der Waals surface area contributed by atoms with Gasteiger partial charge in [0.1, 0.15) is 0 Å². The Bertz CT molecular complexity index is 731. The van der Waals surface area contributed by atoms with Crippen LogP contribution in [-0.2, 0) is 20.1 Å². The van der Waals surface area contributed by atoms with Crippen molar-refractivity contribution in [2.24, 2.45) is 12.0 Å². The fourth-order valence-corrected chi connectivity index (χ4v) is 3.58. The lowest BCUT2D eigenvalue weighted by Crippen LogP contribution is -2.48. The Hall–Kier alpha value is -1.86. The number of guanidine groups is 1. The molecule has 0 unspecified atom stereocenters. The van der Waals surface area contributed by atoms with Gasteiger partial charge in [0.2, 0.25) is 0 Å². The number of nitrogens with one attached hydrogen (secondary N) is 2. The summed E-state index contributed by atoms with van der Waals surface area (Å²) in [4.78, 5) is 7.25. The molecule has 0 bridgehead atoms. The smallest absolute Gasteiger partial charge is 0.191 e. The predicted octanol–water partition coefficient (Wildman–Crippen LogP) is 2.90. The van der Waals surface area contributed by atoms with Gasteiger partial charge >= 0.3 is 0 Å². The molecule has 1 aromatic carbocycles. The number of nitrogens with zero attached hydrogens (tertiary/aromatic N) is 4. The van der Waals surface area contributed by atoms with Crippen LogP contribution in [0.1, 0.15) is 31.0 Å². The highest BCUT2D eigenvalue weighted by atomic mass is 79.9. The SMILES string of the molecule is CCNC(=NCc1ccnn1C)NC1CCN(Cc2ccc(Br)cc2)CC1. The molecule has 0 atom stereocenters. The molecule has 2 heterocycles. The number of aryl methyl sites for hydroxylation is 1. The fraction of sp³-hybridized carbons (Fsp3) is 0.500. The van der Waals surface area contributed by atoms with Gasteiger partial charge in [-0.3, -0.25) is 9.58 Å². The minimum atomic E-state index is 0.468. The van der Waals surface area contributed by atoms with Crippen LogP contribution in [0.2, 0.25) is 0 Å². The van der Waals surface area contributed by atoms with Gasteiger partial charge in [-0.05, 0) is 43.5 Å². The number of halogens is 1. The highest BCUT2D eigenvalue weighted by Gasteiger charge is 2.20. The van der Waals surface area contributed by atoms with Crippen molar-refractivity contribution in [3.05, 3.63) is 52.3 Å². The molecule has 0 saturated carbocycles. The monoisotopic (exact) mass is 432 g/mol. The van der Waals surface area contributed by atoms with Gasteiger partial charge in [0.05, 0.1) is 12.2 Å². The molecule has 1 aliphatic rings. The maximum atomic E-state index is 4.72. The van der Waals surface area contributed by atoms with Crippen molar-refractivity contribution in [3.8, 4) is 0 Å². The number of aliphatic imine (C=N–C) groups is 1. The Labute approximate surface area is 170 Å². The third kappa shape index (κ3) is 6.07. The fourth-order valence-electron chi connectivity index (χ4n) is 3.31. The first-order chi connectivity index (χ1) is 13.1. The summed E-state index contributed by atoms with van der Waals surface area (Å²) in [6.07, 6.45) is 4.08. The predicted molar refractivity (Wildman–Crippen MR) is 114 cm³/mol. The lowest BCUT2D eigenvalue weighted by Gasteiger charge is -2.33. The molecule has 6 nitrogen and oxygen atoms in total. The quantitative estimate of drug-likeness (QED) is 0.544. The molecule has 7 heteroatoms. The number of aromatic nitrogens is 2. The van der Waals surface area contributed by atoms with Crippen molar-refractivity contribution in [1.29, 1.82) is 0 Å². The highest BCUT2D eigenvalue weighted by Crippen LogP contribution is 2.16. The van der Waals surface area contributed by atoms with E-state index in [1.54, 1.807) is 0 Å². The van der Waals surface area contributed by atoms with Gasteiger partial charge in [-0.2, -0.15) is 5.10 Å². The van der Waals surface area contributed by atoms with E-state index in [0.29, 0.717) is 12.6 Å². The summed E-state index contributed by atoms with van der Waals surface area (Å²) in [5.74, 6) is 0.894. The van der Waals surface area contributed by atoms with E-state index in [0.717, 1.165) is 55.1 Å². The van der Waals surface area contributed by atoms with Crippen LogP contribution in [0.3, 0.4) is 0 Å². The van der Waals surface area contributed by atoms with Crippen molar-refractivity contribution in [2.45, 2.75) is 38.9 Å². The Morgan fingerprint density at radius 3 is 2.59 bits per heavy atom. The first kappa shape index (κ1) is 19.9. The second-order valence-electron chi connectivity index (χ2n) is 6.96. The van der Waals surface area contributed by atoms with Gasteiger partial charge in [-0.25, -0.2) is 4.99 Å². The van der Waals surface area contributed by atoms with Crippen molar-refractivity contribution < 1.29 is 0 Å². The second-order valence-corrected chi connectivity index (χ2v) is 7.88. The number of likely N-dealkylation sites (tertiary alicyclic amines) is 1. The van der Waals surface area contributed by atoms with Gasteiger partial charge in [-0.1, -0.05) is 28.1 Å². The number of benzene rings is 1. The Morgan fingerprint density at radius 1 is 1.22 bits per heavy atom. The van der Waals surface area contributed by atoms with E-state index in [1.807, 2.05) is 24.0 Å². The van der Waals surface area contributed by atoms with Gasteiger partial charge in [0, 0.05) is 49.9 Å². The Balaban J connectivity index is 1.48. The minimum absolute atomic E-state index is 0.468. The molecule has 1 aliphatic heterocycles. The first-order valence-corrected chi connectivity index (χ1v) is 10.4. The van der Waals surface area contributed by atoms with Gasteiger partial charge in [0.25, 0.3) is 0 Å². The van der Waals surface area contributed by atoms with E-state index in [2.05, 4.69) is 67.8 Å². The molecule has 27 heavy (non-hydrogen) atoms. The number of rotatable bonds is 6. The van der Waals surface area contributed by atoms with Crippen LogP contribution in [0.5, 0.6) is 0 Å². The summed E-state index contributed by atoms with van der Waals surface area (Å²) in [6, 6.07) is 11.1. The second kappa shape index (κ2) is 9.90. The summed E-state index contributed by atoms with van der Waals surface area (Å²) in [5.41, 5.74) is 2.48. The molecule has 3 rings (SSSR count). The lowest BCUT2D eigenvalue weighted by molar-refractivity contribution is 0.198. The van der Waals surface area contributed by atoms with E-state index in [-0.39, 0.29) is 0 Å². The van der Waals surface area contributed by atoms with E-state index >= 15 is 0 Å². The number of hydrogen-bond acceptors (Lipinski definition) is 3. The Kier molecular flexibility index (Phi) is 7.29. The lowest BCUT2D eigenvalue weighted by atomic mass is 10.0. The van der Waals surface area contributed by atoms with Crippen LogP contribution >= 0.6 is 15.9 Å². The molecule has 1 aromatic heterocycles. The summed E-state index contributed by atoms with van der Waals surface area (Å²) < 4.78 is 3.00. The van der Waals surface area contributed by atoms with Crippen LogP contribution in [-0.4, -0.2) is 46.3 Å². The normalized spacial score (nSPS) is 16.5. The maximum absolute atomic E-state index is 4.72. The standard InChI is InChI=1S/C20H29BrN6/c1-3-22-20(23-14-19-8-11-24-26(19)2)25-18-9-12-27(13-10-18)15-16-4-6-17(21)7-5-16/h4-8,11,18H,3,9-10,12-15H2,1-2H3,(H2,22,23,25). The molecule has 1 fully saturated rings. The summed E-state index contributed by atoms with van der Waals surface area (Å²) in [5, 5.41) is 11.2. The summed E-state index contributed by atoms with van der Waals surface area (Å²) >= 11 is 3.50. The zero-order chi connectivity index (χ0) is 19.1. The molecule has 0 spiro atoms.